The van der Waals surface area contributed by atoms with Crippen LogP contribution in [0.3, 0.4) is 0 Å². The van der Waals surface area contributed by atoms with E-state index in [-0.39, 0.29) is 5.91 Å². The molecule has 1 aliphatic rings. The van der Waals surface area contributed by atoms with Crippen LogP contribution in [0.2, 0.25) is 0 Å². The van der Waals surface area contributed by atoms with Gasteiger partial charge in [-0.1, -0.05) is 32.0 Å². The van der Waals surface area contributed by atoms with Gasteiger partial charge in [-0.3, -0.25) is 4.79 Å². The second kappa shape index (κ2) is 4.69. The lowest BCUT2D eigenvalue weighted by Crippen LogP contribution is -2.29. The van der Waals surface area contributed by atoms with Crippen LogP contribution in [0.4, 0.5) is 0 Å². The molecule has 1 atom stereocenters. The molecular weight excluding hydrogens is 198 g/mol. The van der Waals surface area contributed by atoms with Crippen LogP contribution in [0.5, 0.6) is 0 Å². The standard InChI is InChI=1S/C14H19NO/c1-11(2)13-8-9-15(10-13)14(16)12-6-4-3-5-7-12/h3-7,11,13H,8-10H2,1-2H3/t13-/m1/s1. The summed E-state index contributed by atoms with van der Waals surface area (Å²) < 4.78 is 0. The maximum Gasteiger partial charge on any atom is 0.253 e. The zero-order valence-electron chi connectivity index (χ0n) is 10.0. The van der Waals surface area contributed by atoms with Crippen molar-refractivity contribution >= 4 is 5.91 Å². The van der Waals surface area contributed by atoms with E-state index in [2.05, 4.69) is 13.8 Å². The number of carbonyl (C=O) groups is 1. The monoisotopic (exact) mass is 217 g/mol. The molecule has 1 heterocycles. The third-order valence-corrected chi connectivity index (χ3v) is 3.48. The van der Waals surface area contributed by atoms with Gasteiger partial charge in [0.2, 0.25) is 0 Å². The first-order chi connectivity index (χ1) is 7.68. The Morgan fingerprint density at radius 3 is 2.56 bits per heavy atom. The molecule has 2 rings (SSSR count). The normalized spacial score (nSPS) is 20.4. The van der Waals surface area contributed by atoms with Crippen molar-refractivity contribution in [3.63, 3.8) is 0 Å². The fourth-order valence-electron chi connectivity index (χ4n) is 2.28. The van der Waals surface area contributed by atoms with Crippen molar-refractivity contribution in [3.8, 4) is 0 Å². The van der Waals surface area contributed by atoms with E-state index in [1.807, 2.05) is 35.2 Å². The van der Waals surface area contributed by atoms with Gasteiger partial charge in [0.15, 0.2) is 0 Å². The largest absolute Gasteiger partial charge is 0.338 e. The molecule has 0 radical (unpaired) electrons. The number of nitrogens with zero attached hydrogens (tertiary/aromatic N) is 1. The number of rotatable bonds is 2. The van der Waals surface area contributed by atoms with Gasteiger partial charge in [0.1, 0.15) is 0 Å². The Bertz CT molecular complexity index is 358. The fraction of sp³-hybridized carbons (Fsp3) is 0.500. The number of hydrogen-bond donors (Lipinski definition) is 0. The van der Waals surface area contributed by atoms with Crippen LogP contribution in [-0.4, -0.2) is 23.9 Å². The van der Waals surface area contributed by atoms with E-state index in [9.17, 15) is 4.79 Å². The van der Waals surface area contributed by atoms with Crippen molar-refractivity contribution in [2.45, 2.75) is 20.3 Å². The summed E-state index contributed by atoms with van der Waals surface area (Å²) in [7, 11) is 0. The van der Waals surface area contributed by atoms with Gasteiger partial charge in [-0.25, -0.2) is 0 Å². The van der Waals surface area contributed by atoms with E-state index < -0.39 is 0 Å². The minimum Gasteiger partial charge on any atom is -0.338 e. The third kappa shape index (κ3) is 2.26. The van der Waals surface area contributed by atoms with Crippen LogP contribution in [0.15, 0.2) is 30.3 Å². The molecule has 16 heavy (non-hydrogen) atoms. The second-order valence-corrected chi connectivity index (χ2v) is 4.91. The SMILES string of the molecule is CC(C)[C@@H]1CCN(C(=O)c2ccccc2)C1. The Morgan fingerprint density at radius 2 is 2.00 bits per heavy atom. The quantitative estimate of drug-likeness (QED) is 0.746. The Labute approximate surface area is 97.3 Å². The molecule has 1 saturated heterocycles. The molecule has 0 N–H and O–H groups in total. The molecule has 2 heteroatoms. The number of carbonyl (C=O) groups excluding carboxylic acids is 1. The minimum atomic E-state index is 0.184. The van der Waals surface area contributed by atoms with Crippen LogP contribution in [0.1, 0.15) is 30.6 Å². The van der Waals surface area contributed by atoms with Gasteiger partial charge in [0, 0.05) is 18.7 Å². The summed E-state index contributed by atoms with van der Waals surface area (Å²) in [6.07, 6.45) is 1.15. The van der Waals surface area contributed by atoms with Gasteiger partial charge in [0.05, 0.1) is 0 Å². The molecule has 0 bridgehead atoms. The lowest BCUT2D eigenvalue weighted by Gasteiger charge is -2.18. The molecule has 2 nitrogen and oxygen atoms in total. The predicted octanol–water partition coefficient (Wildman–Crippen LogP) is 2.80. The second-order valence-electron chi connectivity index (χ2n) is 4.91. The zero-order valence-corrected chi connectivity index (χ0v) is 10.0. The molecule has 0 aromatic heterocycles. The van der Waals surface area contributed by atoms with Gasteiger partial charge in [-0.05, 0) is 30.4 Å². The molecule has 0 aliphatic carbocycles. The molecule has 1 aromatic carbocycles. The van der Waals surface area contributed by atoms with Crippen molar-refractivity contribution in [1.29, 1.82) is 0 Å². The maximum absolute atomic E-state index is 12.1. The molecule has 1 fully saturated rings. The molecule has 1 aliphatic heterocycles. The van der Waals surface area contributed by atoms with Crippen LogP contribution in [-0.2, 0) is 0 Å². The first kappa shape index (κ1) is 11.2. The van der Waals surface area contributed by atoms with E-state index in [0.717, 1.165) is 25.1 Å². The lowest BCUT2D eigenvalue weighted by molar-refractivity contribution is 0.0784. The molecule has 86 valence electrons. The van der Waals surface area contributed by atoms with E-state index in [1.165, 1.54) is 0 Å². The third-order valence-electron chi connectivity index (χ3n) is 3.48. The Balaban J connectivity index is 2.03. The van der Waals surface area contributed by atoms with Crippen LogP contribution < -0.4 is 0 Å². The topological polar surface area (TPSA) is 20.3 Å². The molecule has 0 unspecified atom stereocenters. The van der Waals surface area contributed by atoms with Crippen molar-refractivity contribution in [2.75, 3.05) is 13.1 Å². The summed E-state index contributed by atoms with van der Waals surface area (Å²) in [6.45, 7) is 6.31. The average Bonchev–Trinajstić information content (AvgIpc) is 2.78. The minimum absolute atomic E-state index is 0.184. The highest BCUT2D eigenvalue weighted by Crippen LogP contribution is 2.24. The first-order valence-corrected chi connectivity index (χ1v) is 6.03. The first-order valence-electron chi connectivity index (χ1n) is 6.03. The number of amides is 1. The summed E-state index contributed by atoms with van der Waals surface area (Å²) in [5.41, 5.74) is 0.812. The summed E-state index contributed by atoms with van der Waals surface area (Å²) >= 11 is 0. The van der Waals surface area contributed by atoms with Gasteiger partial charge in [-0.15, -0.1) is 0 Å². The van der Waals surface area contributed by atoms with Crippen LogP contribution >= 0.6 is 0 Å². The number of hydrogen-bond acceptors (Lipinski definition) is 1. The molecule has 1 amide bonds. The Kier molecular flexibility index (Phi) is 3.28. The van der Waals surface area contributed by atoms with Gasteiger partial charge in [0.25, 0.3) is 5.91 Å². The van der Waals surface area contributed by atoms with Gasteiger partial charge < -0.3 is 4.90 Å². The van der Waals surface area contributed by atoms with E-state index >= 15 is 0 Å². The van der Waals surface area contributed by atoms with E-state index in [4.69, 9.17) is 0 Å². The lowest BCUT2D eigenvalue weighted by atomic mass is 9.95. The smallest absolute Gasteiger partial charge is 0.253 e. The predicted molar refractivity (Wildman–Crippen MR) is 65.3 cm³/mol. The number of likely N-dealkylation sites (tertiary alicyclic amines) is 1. The average molecular weight is 217 g/mol. The Hall–Kier alpha value is -1.31. The highest BCUT2D eigenvalue weighted by Gasteiger charge is 2.28. The molecular formula is C14H19NO. The molecule has 0 spiro atoms. The number of benzene rings is 1. The van der Waals surface area contributed by atoms with Crippen molar-refractivity contribution in [3.05, 3.63) is 35.9 Å². The van der Waals surface area contributed by atoms with E-state index in [0.29, 0.717) is 11.8 Å². The van der Waals surface area contributed by atoms with Crippen LogP contribution in [0.25, 0.3) is 0 Å². The Morgan fingerprint density at radius 1 is 1.31 bits per heavy atom. The van der Waals surface area contributed by atoms with Crippen LogP contribution in [0, 0.1) is 11.8 Å². The van der Waals surface area contributed by atoms with Crippen molar-refractivity contribution in [1.82, 2.24) is 4.90 Å². The summed E-state index contributed by atoms with van der Waals surface area (Å²) in [5, 5.41) is 0. The van der Waals surface area contributed by atoms with E-state index in [1.54, 1.807) is 0 Å². The molecule has 1 aromatic rings. The molecule has 0 saturated carbocycles. The van der Waals surface area contributed by atoms with Crippen molar-refractivity contribution < 1.29 is 4.79 Å². The maximum atomic E-state index is 12.1. The van der Waals surface area contributed by atoms with Gasteiger partial charge >= 0.3 is 0 Å². The van der Waals surface area contributed by atoms with Crippen molar-refractivity contribution in [2.24, 2.45) is 11.8 Å². The summed E-state index contributed by atoms with van der Waals surface area (Å²) in [4.78, 5) is 14.1. The highest BCUT2D eigenvalue weighted by atomic mass is 16.2. The summed E-state index contributed by atoms with van der Waals surface area (Å²) in [5.74, 6) is 1.53. The van der Waals surface area contributed by atoms with Gasteiger partial charge in [-0.2, -0.15) is 0 Å². The highest BCUT2D eigenvalue weighted by molar-refractivity contribution is 5.94. The zero-order chi connectivity index (χ0) is 11.5. The fourth-order valence-corrected chi connectivity index (χ4v) is 2.28. The summed E-state index contributed by atoms with van der Waals surface area (Å²) in [6, 6.07) is 9.57.